The number of carbonyl (C=O) groups is 2. The maximum absolute atomic E-state index is 12.3. The van der Waals surface area contributed by atoms with Crippen molar-refractivity contribution in [1.29, 1.82) is 0 Å². The molecule has 0 spiro atoms. The van der Waals surface area contributed by atoms with Crippen LogP contribution in [0, 0.1) is 0 Å². The number of nitrogens with one attached hydrogen (secondary N) is 1. The van der Waals surface area contributed by atoms with Gasteiger partial charge in [-0.2, -0.15) is 0 Å². The van der Waals surface area contributed by atoms with Crippen molar-refractivity contribution in [2.75, 3.05) is 5.32 Å². The average Bonchev–Trinajstić information content (AvgIpc) is 2.68. The zero-order valence-corrected chi connectivity index (χ0v) is 14.9. The van der Waals surface area contributed by atoms with Gasteiger partial charge in [0.1, 0.15) is 12.4 Å². The molecule has 0 radical (unpaired) electrons. The van der Waals surface area contributed by atoms with Gasteiger partial charge in [0.25, 0.3) is 5.91 Å². The lowest BCUT2D eigenvalue weighted by Crippen LogP contribution is -2.12. The largest absolute Gasteiger partial charge is 0.489 e. The third-order valence-electron chi connectivity index (χ3n) is 3.86. The van der Waals surface area contributed by atoms with Gasteiger partial charge in [0.2, 0.25) is 0 Å². The van der Waals surface area contributed by atoms with Crippen LogP contribution in [0.5, 0.6) is 5.75 Å². The molecule has 0 aliphatic heterocycles. The van der Waals surface area contributed by atoms with E-state index >= 15 is 0 Å². The molecule has 5 nitrogen and oxygen atoms in total. The molecule has 3 aromatic carbocycles. The van der Waals surface area contributed by atoms with Crippen LogP contribution in [0.1, 0.15) is 26.3 Å². The zero-order valence-electron chi connectivity index (χ0n) is 14.2. The average molecular weight is 382 g/mol. The van der Waals surface area contributed by atoms with Crippen LogP contribution in [-0.2, 0) is 6.61 Å². The normalized spacial score (nSPS) is 10.3. The number of amides is 1. The number of hydrogen-bond acceptors (Lipinski definition) is 3. The van der Waals surface area contributed by atoms with E-state index in [1.165, 1.54) is 12.1 Å². The Hall–Kier alpha value is -3.31. The molecule has 1 amide bonds. The van der Waals surface area contributed by atoms with Crippen LogP contribution in [0.3, 0.4) is 0 Å². The van der Waals surface area contributed by atoms with Crippen LogP contribution in [0.2, 0.25) is 5.02 Å². The molecule has 2 N–H and O–H groups in total. The summed E-state index contributed by atoms with van der Waals surface area (Å²) in [5.74, 6) is -0.687. The molecule has 27 heavy (non-hydrogen) atoms. The van der Waals surface area contributed by atoms with Crippen molar-refractivity contribution in [3.8, 4) is 5.75 Å². The molecule has 0 saturated carbocycles. The van der Waals surface area contributed by atoms with Crippen molar-refractivity contribution in [2.24, 2.45) is 0 Å². The summed E-state index contributed by atoms with van der Waals surface area (Å²) in [5.41, 5.74) is 2.02. The monoisotopic (exact) mass is 381 g/mol. The van der Waals surface area contributed by atoms with E-state index in [1.54, 1.807) is 42.5 Å². The summed E-state index contributed by atoms with van der Waals surface area (Å²) in [6.45, 7) is 0.334. The first-order valence-electron chi connectivity index (χ1n) is 8.14. The van der Waals surface area contributed by atoms with E-state index in [0.29, 0.717) is 28.6 Å². The Kier molecular flexibility index (Phi) is 5.74. The Bertz CT molecular complexity index is 953. The number of halogens is 1. The predicted octanol–water partition coefficient (Wildman–Crippen LogP) is 4.87. The van der Waals surface area contributed by atoms with E-state index in [1.807, 2.05) is 18.2 Å². The minimum Gasteiger partial charge on any atom is -0.489 e. The highest BCUT2D eigenvalue weighted by molar-refractivity contribution is 6.31. The molecule has 0 aromatic heterocycles. The lowest BCUT2D eigenvalue weighted by atomic mass is 10.1. The van der Waals surface area contributed by atoms with Crippen molar-refractivity contribution in [3.63, 3.8) is 0 Å². The van der Waals surface area contributed by atoms with Crippen molar-refractivity contribution >= 4 is 29.2 Å². The first-order valence-corrected chi connectivity index (χ1v) is 8.52. The second kappa shape index (κ2) is 8.38. The predicted molar refractivity (Wildman–Crippen MR) is 104 cm³/mol. The Morgan fingerprint density at radius 1 is 0.889 bits per heavy atom. The molecular formula is C21H16ClNO4. The summed E-state index contributed by atoms with van der Waals surface area (Å²) in [6.07, 6.45) is 0. The van der Waals surface area contributed by atoms with Crippen LogP contribution in [0.25, 0.3) is 0 Å². The summed E-state index contributed by atoms with van der Waals surface area (Å²) in [4.78, 5) is 23.1. The molecule has 0 aliphatic carbocycles. The third kappa shape index (κ3) is 4.86. The first kappa shape index (κ1) is 18.5. The van der Waals surface area contributed by atoms with Crippen LogP contribution >= 0.6 is 11.6 Å². The van der Waals surface area contributed by atoms with Crippen molar-refractivity contribution in [3.05, 3.63) is 94.5 Å². The molecule has 0 unspecified atom stereocenters. The van der Waals surface area contributed by atoms with Gasteiger partial charge in [-0.25, -0.2) is 4.79 Å². The third-order valence-corrected chi connectivity index (χ3v) is 4.23. The number of carbonyl (C=O) groups excluding carboxylic acids is 1. The fourth-order valence-electron chi connectivity index (χ4n) is 2.38. The van der Waals surface area contributed by atoms with Gasteiger partial charge in [-0.3, -0.25) is 4.79 Å². The summed E-state index contributed by atoms with van der Waals surface area (Å²) < 4.78 is 5.69. The number of aromatic carboxylic acids is 1. The minimum absolute atomic E-state index is 0.160. The van der Waals surface area contributed by atoms with Crippen LogP contribution in [-0.4, -0.2) is 17.0 Å². The number of carboxylic acids is 1. The van der Waals surface area contributed by atoms with Crippen LogP contribution < -0.4 is 10.1 Å². The molecule has 0 bridgehead atoms. The van der Waals surface area contributed by atoms with Crippen molar-refractivity contribution in [1.82, 2.24) is 0 Å². The number of hydrogen-bond donors (Lipinski definition) is 2. The molecule has 0 saturated heterocycles. The second-order valence-electron chi connectivity index (χ2n) is 5.74. The van der Waals surface area contributed by atoms with E-state index < -0.39 is 5.97 Å². The highest BCUT2D eigenvalue weighted by Gasteiger charge is 2.08. The highest BCUT2D eigenvalue weighted by atomic mass is 35.5. The van der Waals surface area contributed by atoms with Gasteiger partial charge in [-0.1, -0.05) is 29.8 Å². The smallest absolute Gasteiger partial charge is 0.335 e. The number of ether oxygens (including phenoxy) is 1. The molecular weight excluding hydrogens is 366 g/mol. The van der Waals surface area contributed by atoms with E-state index in [4.69, 9.17) is 21.4 Å². The van der Waals surface area contributed by atoms with Gasteiger partial charge < -0.3 is 15.2 Å². The van der Waals surface area contributed by atoms with Gasteiger partial charge >= 0.3 is 5.97 Å². The van der Waals surface area contributed by atoms with Gasteiger partial charge in [-0.15, -0.1) is 0 Å². The van der Waals surface area contributed by atoms with Crippen LogP contribution in [0.15, 0.2) is 72.8 Å². The van der Waals surface area contributed by atoms with Gasteiger partial charge in [0.05, 0.1) is 5.56 Å². The fraction of sp³-hybridized carbons (Fsp3) is 0.0476. The lowest BCUT2D eigenvalue weighted by Gasteiger charge is -2.09. The molecule has 3 aromatic rings. The fourth-order valence-corrected chi connectivity index (χ4v) is 2.57. The highest BCUT2D eigenvalue weighted by Crippen LogP contribution is 2.19. The Labute approximate surface area is 161 Å². The summed E-state index contributed by atoms with van der Waals surface area (Å²) >= 11 is 6.10. The van der Waals surface area contributed by atoms with Crippen LogP contribution in [0.4, 0.5) is 5.69 Å². The van der Waals surface area contributed by atoms with E-state index in [0.717, 1.165) is 5.56 Å². The Morgan fingerprint density at radius 3 is 2.15 bits per heavy atom. The number of benzene rings is 3. The van der Waals surface area contributed by atoms with E-state index in [-0.39, 0.29) is 11.5 Å². The number of anilines is 1. The molecule has 0 fully saturated rings. The number of rotatable bonds is 6. The topological polar surface area (TPSA) is 75.6 Å². The summed E-state index contributed by atoms with van der Waals surface area (Å²) in [6, 6.07) is 20.1. The first-order chi connectivity index (χ1) is 13.0. The number of carboxylic acid groups (broad SMARTS) is 1. The Morgan fingerprint density at radius 2 is 1.52 bits per heavy atom. The molecule has 136 valence electrons. The zero-order chi connectivity index (χ0) is 19.2. The van der Waals surface area contributed by atoms with Crippen molar-refractivity contribution in [2.45, 2.75) is 6.61 Å². The van der Waals surface area contributed by atoms with E-state index in [2.05, 4.69) is 5.32 Å². The minimum atomic E-state index is -1.01. The van der Waals surface area contributed by atoms with Gasteiger partial charge in [0, 0.05) is 21.8 Å². The standard InChI is InChI=1S/C21H16ClNO4/c22-19-4-2-1-3-16(19)13-27-18-11-7-14(8-12-18)20(24)23-17-9-5-15(6-10-17)21(25)26/h1-12H,13H2,(H,23,24)(H,25,26). The maximum atomic E-state index is 12.3. The Balaban J connectivity index is 1.60. The second-order valence-corrected chi connectivity index (χ2v) is 6.15. The molecule has 0 aliphatic rings. The summed E-state index contributed by atoms with van der Waals surface area (Å²) in [5, 5.41) is 12.2. The molecule has 3 rings (SSSR count). The molecule has 6 heteroatoms. The molecule has 0 heterocycles. The maximum Gasteiger partial charge on any atom is 0.335 e. The molecule has 0 atom stereocenters. The van der Waals surface area contributed by atoms with Gasteiger partial charge in [0.15, 0.2) is 0 Å². The lowest BCUT2D eigenvalue weighted by molar-refractivity contribution is 0.0696. The van der Waals surface area contributed by atoms with E-state index in [9.17, 15) is 9.59 Å². The SMILES string of the molecule is O=C(O)c1ccc(NC(=O)c2ccc(OCc3ccccc3Cl)cc2)cc1. The van der Waals surface area contributed by atoms with Gasteiger partial charge in [-0.05, 0) is 54.6 Å². The summed E-state index contributed by atoms with van der Waals surface area (Å²) in [7, 11) is 0. The van der Waals surface area contributed by atoms with Crippen molar-refractivity contribution < 1.29 is 19.4 Å². The quantitative estimate of drug-likeness (QED) is 0.638.